The van der Waals surface area contributed by atoms with Gasteiger partial charge in [0, 0.05) is 30.1 Å². The van der Waals surface area contributed by atoms with Crippen LogP contribution in [0.25, 0.3) is 0 Å². The average molecular weight is 421 g/mol. The minimum atomic E-state index is -3.24. The molecule has 0 bridgehead atoms. The summed E-state index contributed by atoms with van der Waals surface area (Å²) >= 11 is 13.0. The molecule has 134 valence electrons. The molecule has 0 spiro atoms. The fourth-order valence-electron chi connectivity index (χ4n) is 2.34. The fourth-order valence-corrected chi connectivity index (χ4v) is 4.53. The van der Waals surface area contributed by atoms with Crippen molar-refractivity contribution in [2.75, 3.05) is 23.4 Å². The monoisotopic (exact) mass is 420 g/mol. The van der Waals surface area contributed by atoms with Crippen molar-refractivity contribution in [2.24, 2.45) is 0 Å². The van der Waals surface area contributed by atoms with Crippen LogP contribution in [0.4, 0.5) is 15.6 Å². The molecule has 0 unspecified atom stereocenters. The Bertz CT molecular complexity index is 930. The number of urea groups is 1. The first-order valence-corrected chi connectivity index (χ1v) is 10.6. The zero-order valence-electron chi connectivity index (χ0n) is 13.0. The van der Waals surface area contributed by atoms with Crippen LogP contribution in [0.2, 0.25) is 10.0 Å². The van der Waals surface area contributed by atoms with Crippen molar-refractivity contribution in [1.82, 2.24) is 9.29 Å². The number of amides is 2. The van der Waals surface area contributed by atoms with Gasteiger partial charge in [-0.1, -0.05) is 34.5 Å². The van der Waals surface area contributed by atoms with E-state index in [1.54, 1.807) is 18.2 Å². The summed E-state index contributed by atoms with van der Waals surface area (Å²) < 4.78 is 24.7. The molecule has 1 aromatic carbocycles. The second-order valence-corrected chi connectivity index (χ2v) is 9.32. The van der Waals surface area contributed by atoms with Crippen molar-refractivity contribution in [2.45, 2.75) is 13.0 Å². The van der Waals surface area contributed by atoms with Crippen molar-refractivity contribution in [3.8, 4) is 0 Å². The number of carbonyl (C=O) groups excluding carboxylic acids is 1. The summed E-state index contributed by atoms with van der Waals surface area (Å²) in [5, 5.41) is 6.44. The van der Waals surface area contributed by atoms with Gasteiger partial charge in [0.05, 0.1) is 22.0 Å². The molecule has 25 heavy (non-hydrogen) atoms. The van der Waals surface area contributed by atoms with E-state index in [1.165, 1.54) is 21.9 Å². The van der Waals surface area contributed by atoms with Gasteiger partial charge in [-0.25, -0.2) is 18.2 Å². The highest BCUT2D eigenvalue weighted by Crippen LogP contribution is 2.29. The van der Waals surface area contributed by atoms with Crippen LogP contribution in [0, 0.1) is 0 Å². The average Bonchev–Trinajstić information content (AvgIpc) is 2.91. The van der Waals surface area contributed by atoms with E-state index in [9.17, 15) is 13.2 Å². The number of carbonyl (C=O) groups is 1. The number of rotatable bonds is 3. The molecule has 0 saturated heterocycles. The first kappa shape index (κ1) is 18.4. The Morgan fingerprint density at radius 3 is 2.72 bits per heavy atom. The second-order valence-electron chi connectivity index (χ2n) is 5.44. The Balaban J connectivity index is 1.67. The summed E-state index contributed by atoms with van der Waals surface area (Å²) in [7, 11) is -3.24. The van der Waals surface area contributed by atoms with Gasteiger partial charge in [0.15, 0.2) is 5.13 Å². The molecular formula is C14H14Cl2N4O3S2. The summed E-state index contributed by atoms with van der Waals surface area (Å²) in [6.07, 6.45) is 1.71. The molecule has 0 saturated carbocycles. The lowest BCUT2D eigenvalue weighted by atomic mass is 10.2. The maximum absolute atomic E-state index is 12.1. The number of sulfonamides is 1. The molecule has 0 aliphatic carbocycles. The van der Waals surface area contributed by atoms with E-state index in [-0.39, 0.29) is 6.54 Å². The van der Waals surface area contributed by atoms with Gasteiger partial charge in [-0.3, -0.25) is 5.32 Å². The van der Waals surface area contributed by atoms with Crippen molar-refractivity contribution in [1.29, 1.82) is 0 Å². The van der Waals surface area contributed by atoms with E-state index in [0.29, 0.717) is 33.8 Å². The molecule has 0 atom stereocenters. The van der Waals surface area contributed by atoms with Crippen LogP contribution in [0.15, 0.2) is 18.2 Å². The molecule has 3 rings (SSSR count). The maximum atomic E-state index is 12.1. The number of hydrogen-bond acceptors (Lipinski definition) is 5. The first-order valence-electron chi connectivity index (χ1n) is 7.19. The number of nitrogens with zero attached hydrogens (tertiary/aromatic N) is 2. The summed E-state index contributed by atoms with van der Waals surface area (Å²) in [5.41, 5.74) is 1.31. The fraction of sp³-hybridized carbons (Fsp3) is 0.286. The van der Waals surface area contributed by atoms with E-state index >= 15 is 0 Å². The molecule has 1 aliphatic heterocycles. The number of fused-ring (bicyclic) bond motifs is 1. The van der Waals surface area contributed by atoms with Crippen molar-refractivity contribution in [3.63, 3.8) is 0 Å². The molecule has 2 heterocycles. The van der Waals surface area contributed by atoms with Gasteiger partial charge in [0.25, 0.3) is 0 Å². The lowest BCUT2D eigenvalue weighted by Gasteiger charge is -2.23. The quantitative estimate of drug-likeness (QED) is 0.795. The van der Waals surface area contributed by atoms with Gasteiger partial charge in [-0.05, 0) is 18.2 Å². The summed E-state index contributed by atoms with van der Waals surface area (Å²) in [4.78, 5) is 17.3. The Morgan fingerprint density at radius 1 is 1.28 bits per heavy atom. The minimum absolute atomic E-state index is 0.280. The predicted molar refractivity (Wildman–Crippen MR) is 100 cm³/mol. The van der Waals surface area contributed by atoms with E-state index in [4.69, 9.17) is 23.2 Å². The lowest BCUT2D eigenvalue weighted by molar-refractivity contribution is 0.262. The van der Waals surface area contributed by atoms with Gasteiger partial charge in [-0.15, -0.1) is 0 Å². The summed E-state index contributed by atoms with van der Waals surface area (Å²) in [6.45, 7) is 0.673. The molecule has 1 aromatic heterocycles. The molecule has 1 aliphatic rings. The van der Waals surface area contributed by atoms with E-state index in [0.717, 1.165) is 10.6 Å². The van der Waals surface area contributed by atoms with Crippen LogP contribution in [0.1, 0.15) is 10.6 Å². The van der Waals surface area contributed by atoms with E-state index in [1.807, 2.05) is 0 Å². The lowest BCUT2D eigenvalue weighted by Crippen LogP contribution is -2.34. The molecule has 0 fully saturated rings. The van der Waals surface area contributed by atoms with Gasteiger partial charge in [0.2, 0.25) is 10.0 Å². The van der Waals surface area contributed by atoms with Crippen molar-refractivity contribution >= 4 is 61.4 Å². The third-order valence-corrected chi connectivity index (χ3v) is 6.55. The SMILES string of the molecule is CS(=O)(=O)N1CCc2nc(NC(=O)Nc3ccc(Cl)c(Cl)c3)sc2C1. The molecule has 0 radical (unpaired) electrons. The van der Waals surface area contributed by atoms with Gasteiger partial charge < -0.3 is 5.32 Å². The molecular weight excluding hydrogens is 407 g/mol. The van der Waals surface area contributed by atoms with Crippen LogP contribution in [-0.2, 0) is 23.0 Å². The highest BCUT2D eigenvalue weighted by molar-refractivity contribution is 7.88. The Hall–Kier alpha value is -1.39. The second kappa shape index (κ2) is 7.08. The van der Waals surface area contributed by atoms with Gasteiger partial charge >= 0.3 is 6.03 Å². The summed E-state index contributed by atoms with van der Waals surface area (Å²) in [6, 6.07) is 4.29. The van der Waals surface area contributed by atoms with Crippen LogP contribution in [-0.4, -0.2) is 36.5 Å². The van der Waals surface area contributed by atoms with Crippen LogP contribution in [0.3, 0.4) is 0 Å². The Labute approximate surface area is 159 Å². The van der Waals surface area contributed by atoms with E-state index in [2.05, 4.69) is 15.6 Å². The number of aromatic nitrogens is 1. The zero-order valence-corrected chi connectivity index (χ0v) is 16.2. The first-order chi connectivity index (χ1) is 11.7. The van der Waals surface area contributed by atoms with Gasteiger partial charge in [-0.2, -0.15) is 4.31 Å². The highest BCUT2D eigenvalue weighted by atomic mass is 35.5. The number of nitrogens with one attached hydrogen (secondary N) is 2. The number of anilines is 2. The van der Waals surface area contributed by atoms with Crippen molar-refractivity contribution in [3.05, 3.63) is 38.8 Å². The third kappa shape index (κ3) is 4.42. The normalized spacial score (nSPS) is 14.8. The molecule has 11 heteroatoms. The zero-order chi connectivity index (χ0) is 18.2. The Morgan fingerprint density at radius 2 is 2.04 bits per heavy atom. The maximum Gasteiger partial charge on any atom is 0.325 e. The van der Waals surface area contributed by atoms with Crippen LogP contribution >= 0.6 is 34.5 Å². The topological polar surface area (TPSA) is 91.4 Å². The highest BCUT2D eigenvalue weighted by Gasteiger charge is 2.26. The van der Waals surface area contributed by atoms with E-state index < -0.39 is 16.1 Å². The molecule has 7 nitrogen and oxygen atoms in total. The standard InChI is InChI=1S/C14H14Cl2N4O3S2/c1-25(22,23)20-5-4-11-12(7-20)24-14(18-11)19-13(21)17-8-2-3-9(15)10(16)6-8/h2-3,6H,4-5,7H2,1H3,(H2,17,18,19,21). The molecule has 2 aromatic rings. The molecule has 2 amide bonds. The van der Waals surface area contributed by atoms with Crippen LogP contribution in [0.5, 0.6) is 0 Å². The van der Waals surface area contributed by atoms with Gasteiger partial charge in [0.1, 0.15) is 0 Å². The Kier molecular flexibility index (Phi) is 5.21. The molecule has 2 N–H and O–H groups in total. The predicted octanol–water partition coefficient (Wildman–Crippen LogP) is 3.41. The smallest absolute Gasteiger partial charge is 0.308 e. The number of benzene rings is 1. The number of halogens is 2. The van der Waals surface area contributed by atoms with Crippen molar-refractivity contribution < 1.29 is 13.2 Å². The third-order valence-electron chi connectivity index (χ3n) is 3.56. The number of hydrogen-bond donors (Lipinski definition) is 2. The number of thiazole rings is 1. The largest absolute Gasteiger partial charge is 0.325 e. The summed E-state index contributed by atoms with van der Waals surface area (Å²) in [5.74, 6) is 0. The minimum Gasteiger partial charge on any atom is -0.308 e. The van der Waals surface area contributed by atoms with Crippen LogP contribution < -0.4 is 10.6 Å².